The van der Waals surface area contributed by atoms with E-state index in [4.69, 9.17) is 0 Å². The Kier molecular flexibility index (Phi) is 5.20. The lowest BCUT2D eigenvalue weighted by Gasteiger charge is -2.60. The molecular weight excluding hydrogens is 472 g/mol. The minimum absolute atomic E-state index is 0.0164. The second kappa shape index (κ2) is 8.08. The van der Waals surface area contributed by atoms with Crippen LogP contribution >= 0.6 is 23.5 Å². The third-order valence-electron chi connectivity index (χ3n) is 9.42. The first-order chi connectivity index (χ1) is 16.6. The minimum atomic E-state index is -0.361. The maximum Gasteiger partial charge on any atom is 0.234 e. The zero-order valence-electron chi connectivity index (χ0n) is 19.1. The van der Waals surface area contributed by atoms with E-state index in [2.05, 4.69) is 22.0 Å². The summed E-state index contributed by atoms with van der Waals surface area (Å²) in [5.74, 6) is 2.36. The number of thioether (sulfide) groups is 2. The van der Waals surface area contributed by atoms with Crippen LogP contribution in [0.2, 0.25) is 0 Å². The highest BCUT2D eigenvalue weighted by Crippen LogP contribution is 2.68. The van der Waals surface area contributed by atoms with Crippen LogP contribution in [0.15, 0.2) is 12.2 Å². The highest BCUT2D eigenvalue weighted by molar-refractivity contribution is 7.99. The van der Waals surface area contributed by atoms with Crippen LogP contribution in [-0.2, 0) is 19.2 Å². The lowest BCUT2D eigenvalue weighted by Crippen LogP contribution is -2.63. The van der Waals surface area contributed by atoms with Gasteiger partial charge in [-0.2, -0.15) is 23.5 Å². The molecule has 4 aliphatic heterocycles. The Morgan fingerprint density at radius 2 is 0.941 bits per heavy atom. The monoisotopic (exact) mass is 502 g/mol. The molecule has 0 aromatic heterocycles. The Labute approximate surface area is 207 Å². The molecule has 4 heterocycles. The molecule has 2 saturated carbocycles. The number of rotatable bonds is 4. The van der Waals surface area contributed by atoms with Crippen molar-refractivity contribution >= 4 is 47.2 Å². The lowest BCUT2D eigenvalue weighted by atomic mass is 9.40. The molecule has 34 heavy (non-hydrogen) atoms. The zero-order chi connectivity index (χ0) is 23.1. The fourth-order valence-corrected chi connectivity index (χ4v) is 9.85. The van der Waals surface area contributed by atoms with Gasteiger partial charge >= 0.3 is 0 Å². The molecule has 0 aromatic rings. The summed E-state index contributed by atoms with van der Waals surface area (Å²) in [4.78, 5) is 61.3. The highest BCUT2D eigenvalue weighted by Gasteiger charge is 2.75. The first-order valence-electron chi connectivity index (χ1n) is 12.6. The van der Waals surface area contributed by atoms with Crippen molar-refractivity contribution < 1.29 is 19.2 Å². The largest absolute Gasteiger partial charge is 0.284 e. The highest BCUT2D eigenvalue weighted by atomic mass is 32.2. The predicted molar refractivity (Wildman–Crippen MR) is 128 cm³/mol. The van der Waals surface area contributed by atoms with E-state index < -0.39 is 0 Å². The smallest absolute Gasteiger partial charge is 0.234 e. The van der Waals surface area contributed by atoms with Gasteiger partial charge in [0.2, 0.25) is 23.6 Å². The van der Waals surface area contributed by atoms with Gasteiger partial charge in [0.1, 0.15) is 0 Å². The van der Waals surface area contributed by atoms with Crippen LogP contribution in [0.4, 0.5) is 0 Å². The molecule has 10 heteroatoms. The molecule has 182 valence electrons. The van der Waals surface area contributed by atoms with E-state index in [1.807, 2.05) is 23.5 Å². The van der Waals surface area contributed by atoms with Crippen LogP contribution < -0.4 is 0 Å². The van der Waals surface area contributed by atoms with E-state index in [-0.39, 0.29) is 71.0 Å². The van der Waals surface area contributed by atoms with E-state index in [0.717, 1.165) is 49.2 Å². The zero-order valence-corrected chi connectivity index (χ0v) is 20.7. The molecule has 1 unspecified atom stereocenters. The Morgan fingerprint density at radius 3 is 1.32 bits per heavy atom. The summed E-state index contributed by atoms with van der Waals surface area (Å²) in [7, 11) is 0. The summed E-state index contributed by atoms with van der Waals surface area (Å²) in [6.07, 6.45) is 4.19. The quantitative estimate of drug-likeness (QED) is 0.400. The summed E-state index contributed by atoms with van der Waals surface area (Å²) in [6.45, 7) is 4.36. The number of carbonyl (C=O) groups excluding carboxylic acids is 4. The molecule has 0 spiro atoms. The first-order valence-corrected chi connectivity index (χ1v) is 14.9. The van der Waals surface area contributed by atoms with E-state index in [0.29, 0.717) is 13.3 Å². The van der Waals surface area contributed by atoms with Crippen LogP contribution in [0.1, 0.15) is 0 Å². The van der Waals surface area contributed by atoms with Crippen LogP contribution in [-0.4, -0.2) is 106 Å². The van der Waals surface area contributed by atoms with Gasteiger partial charge in [-0.15, -0.1) is 0 Å². The van der Waals surface area contributed by atoms with Gasteiger partial charge in [-0.1, -0.05) is 12.2 Å². The van der Waals surface area contributed by atoms with Crippen molar-refractivity contribution in [3.8, 4) is 0 Å². The van der Waals surface area contributed by atoms with E-state index in [1.54, 1.807) is 0 Å². The number of amides is 4. The van der Waals surface area contributed by atoms with E-state index >= 15 is 0 Å². The van der Waals surface area contributed by atoms with Crippen molar-refractivity contribution in [1.82, 2.24) is 19.6 Å². The molecule has 8 aliphatic rings. The van der Waals surface area contributed by atoms with Gasteiger partial charge < -0.3 is 0 Å². The van der Waals surface area contributed by atoms with Gasteiger partial charge in [0.25, 0.3) is 0 Å². The fraction of sp³-hybridized carbons (Fsp3) is 0.750. The van der Waals surface area contributed by atoms with E-state index in [1.165, 1.54) is 9.80 Å². The number of imide groups is 2. The summed E-state index contributed by atoms with van der Waals surface area (Å²) in [5.41, 5.74) is 0. The maximum absolute atomic E-state index is 13.5. The van der Waals surface area contributed by atoms with Gasteiger partial charge in [0, 0.05) is 49.2 Å². The summed E-state index contributed by atoms with van der Waals surface area (Å²) in [5, 5.41) is 0. The van der Waals surface area contributed by atoms with Crippen molar-refractivity contribution in [3.05, 3.63) is 12.2 Å². The lowest BCUT2D eigenvalue weighted by molar-refractivity contribution is -0.166. The second-order valence-electron chi connectivity index (χ2n) is 10.8. The van der Waals surface area contributed by atoms with E-state index in [9.17, 15) is 19.2 Å². The molecule has 8 atom stereocenters. The summed E-state index contributed by atoms with van der Waals surface area (Å²) < 4.78 is 0. The molecule has 8 rings (SSSR count). The van der Waals surface area contributed by atoms with Gasteiger partial charge in [0.15, 0.2) is 0 Å². The van der Waals surface area contributed by atoms with Crippen LogP contribution in [0.3, 0.4) is 0 Å². The van der Waals surface area contributed by atoms with Crippen molar-refractivity contribution in [1.29, 1.82) is 0 Å². The third kappa shape index (κ3) is 2.94. The molecule has 0 N–H and O–H groups in total. The van der Waals surface area contributed by atoms with Crippen molar-refractivity contribution in [3.63, 3.8) is 0 Å². The number of nitrogens with zero attached hydrogens (tertiary/aromatic N) is 4. The number of likely N-dealkylation sites (tertiary alicyclic amines) is 2. The number of carbonyl (C=O) groups is 4. The average molecular weight is 503 g/mol. The molecule has 4 saturated heterocycles. The average Bonchev–Trinajstić information content (AvgIpc) is 3.21. The Bertz CT molecular complexity index is 922. The summed E-state index contributed by atoms with van der Waals surface area (Å²) >= 11 is 3.81. The molecule has 4 amide bonds. The molecule has 4 aliphatic carbocycles. The maximum atomic E-state index is 13.5. The number of allylic oxidation sites excluding steroid dienone is 2. The minimum Gasteiger partial charge on any atom is -0.284 e. The van der Waals surface area contributed by atoms with Crippen LogP contribution in [0.25, 0.3) is 0 Å². The van der Waals surface area contributed by atoms with Crippen molar-refractivity contribution in [2.75, 3.05) is 62.5 Å². The Hall–Kier alpha value is -1.36. The molecule has 0 aromatic carbocycles. The summed E-state index contributed by atoms with van der Waals surface area (Å²) in [6, 6.07) is 0. The Morgan fingerprint density at radius 1 is 0.588 bits per heavy atom. The van der Waals surface area contributed by atoms with Crippen LogP contribution in [0.5, 0.6) is 0 Å². The fourth-order valence-electron chi connectivity index (χ4n) is 7.89. The molecule has 2 bridgehead atoms. The molecular formula is C24H30N4O4S2. The first kappa shape index (κ1) is 21.9. The molecule has 0 radical (unpaired) electrons. The molecule has 8 nitrogen and oxygen atoms in total. The standard InChI is InChI=1S/C24H30N4O4S2/c29-21-17-13-1-2-14(18(17)22(30)27(21)11-25-3-7-33-8-4-25)16-15(13)19-20(16)24(32)28(23(19)31)12-26-5-9-34-10-6-26/h1-2,13-20H,3-12H2/t13-,14-,15-,16?,17-,18+,19-,20+/m0/s1. The van der Waals surface area contributed by atoms with Gasteiger partial charge in [-0.25, -0.2) is 0 Å². The van der Waals surface area contributed by atoms with Gasteiger partial charge in [-0.05, 0) is 23.7 Å². The topological polar surface area (TPSA) is 81.2 Å². The SMILES string of the molecule is O=C1[C@H]2[C@H]3C=C[C@@H](C4[C@H]3[C@@H]3C(=O)N(CN5CCSCC5)C(=O)[C@H]43)[C@H]2C(=O)N1CN1CCSCC1. The van der Waals surface area contributed by atoms with Gasteiger partial charge in [0.05, 0.1) is 37.0 Å². The van der Waals surface area contributed by atoms with Crippen molar-refractivity contribution in [2.45, 2.75) is 0 Å². The number of fused-ring (bicyclic) bond motifs is 1. The van der Waals surface area contributed by atoms with Crippen molar-refractivity contribution in [2.24, 2.45) is 47.3 Å². The Balaban J connectivity index is 1.13. The van der Waals surface area contributed by atoms with Gasteiger partial charge in [-0.3, -0.25) is 38.8 Å². The molecule has 6 fully saturated rings. The number of hydrogen-bond donors (Lipinski definition) is 0. The number of hydrogen-bond acceptors (Lipinski definition) is 8. The second-order valence-corrected chi connectivity index (χ2v) is 13.2. The normalized spacial score (nSPS) is 43.9. The predicted octanol–water partition coefficient (Wildman–Crippen LogP) is 0.263. The third-order valence-corrected chi connectivity index (χ3v) is 11.3. The van der Waals surface area contributed by atoms with Crippen LogP contribution in [0, 0.1) is 47.3 Å².